The second-order valence-electron chi connectivity index (χ2n) is 4.74. The molecule has 0 atom stereocenters. The Hall–Kier alpha value is -0.940. The van der Waals surface area contributed by atoms with E-state index < -0.39 is 0 Å². The molecule has 2 aromatic heterocycles. The molecule has 0 amide bonds. The molecule has 0 aliphatic carbocycles. The van der Waals surface area contributed by atoms with Crippen LogP contribution in [-0.4, -0.2) is 11.5 Å². The van der Waals surface area contributed by atoms with Gasteiger partial charge in [0.25, 0.3) is 0 Å². The van der Waals surface area contributed by atoms with Gasteiger partial charge in [0.05, 0.1) is 9.30 Å². The van der Waals surface area contributed by atoms with Crippen molar-refractivity contribution in [2.75, 3.05) is 6.54 Å². The van der Waals surface area contributed by atoms with E-state index in [9.17, 15) is 0 Å². The van der Waals surface area contributed by atoms with Gasteiger partial charge in [-0.05, 0) is 58.2 Å². The summed E-state index contributed by atoms with van der Waals surface area (Å²) in [5, 5.41) is 5.25. The number of hydrogen-bond acceptors (Lipinski definition) is 3. The first-order chi connectivity index (χ1) is 10.2. The molecule has 2 heterocycles. The van der Waals surface area contributed by atoms with Crippen molar-refractivity contribution >= 4 is 49.8 Å². The van der Waals surface area contributed by atoms with Gasteiger partial charge in [-0.3, -0.25) is 4.98 Å². The lowest BCUT2D eigenvalue weighted by Gasteiger charge is -2.08. The van der Waals surface area contributed by atoms with Crippen molar-refractivity contribution in [1.82, 2.24) is 10.3 Å². The van der Waals surface area contributed by atoms with Crippen LogP contribution in [0, 0.1) is 0 Å². The first-order valence-electron chi connectivity index (χ1n) is 6.71. The summed E-state index contributed by atoms with van der Waals surface area (Å²) in [6, 6.07) is 12.2. The van der Waals surface area contributed by atoms with Gasteiger partial charge in [0.15, 0.2) is 0 Å². The molecular formula is C16H14BrClN2S. The van der Waals surface area contributed by atoms with Crippen LogP contribution in [0.4, 0.5) is 0 Å². The topological polar surface area (TPSA) is 24.9 Å². The van der Waals surface area contributed by atoms with Gasteiger partial charge in [-0.2, -0.15) is 0 Å². The summed E-state index contributed by atoms with van der Waals surface area (Å²) >= 11 is 11.5. The van der Waals surface area contributed by atoms with Crippen LogP contribution in [0.3, 0.4) is 0 Å². The first kappa shape index (κ1) is 15.0. The molecule has 3 aromatic rings. The summed E-state index contributed by atoms with van der Waals surface area (Å²) in [5.41, 5.74) is 2.17. The highest BCUT2D eigenvalue weighted by molar-refractivity contribution is 9.11. The van der Waals surface area contributed by atoms with Gasteiger partial charge in [-0.15, -0.1) is 11.3 Å². The molecule has 0 saturated carbocycles. The second kappa shape index (κ2) is 6.88. The zero-order valence-electron chi connectivity index (χ0n) is 11.3. The Morgan fingerprint density at radius 1 is 1.19 bits per heavy atom. The zero-order valence-corrected chi connectivity index (χ0v) is 14.4. The van der Waals surface area contributed by atoms with Crippen LogP contribution in [-0.2, 0) is 13.0 Å². The average molecular weight is 382 g/mol. The fourth-order valence-electron chi connectivity index (χ4n) is 2.26. The SMILES string of the molecule is Clc1ccc(CNCCc2ccc(Br)s2)c2ncccc12. The Kier molecular flexibility index (Phi) is 4.91. The van der Waals surface area contributed by atoms with Gasteiger partial charge in [0, 0.05) is 34.6 Å². The zero-order chi connectivity index (χ0) is 14.7. The Bertz CT molecular complexity index is 757. The van der Waals surface area contributed by atoms with Crippen molar-refractivity contribution < 1.29 is 0 Å². The summed E-state index contributed by atoms with van der Waals surface area (Å²) in [6.07, 6.45) is 2.85. The molecule has 1 aromatic carbocycles. The van der Waals surface area contributed by atoms with E-state index in [-0.39, 0.29) is 0 Å². The molecule has 0 radical (unpaired) electrons. The minimum absolute atomic E-state index is 0.755. The fraction of sp³-hybridized carbons (Fsp3) is 0.188. The number of aromatic nitrogens is 1. The Morgan fingerprint density at radius 2 is 2.10 bits per heavy atom. The molecule has 0 aliphatic heterocycles. The molecule has 0 unspecified atom stereocenters. The lowest BCUT2D eigenvalue weighted by molar-refractivity contribution is 0.693. The number of halogens is 2. The molecule has 0 bridgehead atoms. The summed E-state index contributed by atoms with van der Waals surface area (Å²) in [4.78, 5) is 5.84. The van der Waals surface area contributed by atoms with Crippen molar-refractivity contribution in [2.45, 2.75) is 13.0 Å². The molecule has 0 fully saturated rings. The third-order valence-electron chi connectivity index (χ3n) is 3.29. The van der Waals surface area contributed by atoms with Gasteiger partial charge >= 0.3 is 0 Å². The number of thiophene rings is 1. The van der Waals surface area contributed by atoms with Gasteiger partial charge in [-0.1, -0.05) is 17.7 Å². The van der Waals surface area contributed by atoms with Crippen LogP contribution in [0.5, 0.6) is 0 Å². The fourth-order valence-corrected chi connectivity index (χ4v) is 3.96. The molecule has 2 nitrogen and oxygen atoms in total. The maximum Gasteiger partial charge on any atom is 0.0761 e. The largest absolute Gasteiger partial charge is 0.312 e. The van der Waals surface area contributed by atoms with E-state index in [1.165, 1.54) is 14.2 Å². The van der Waals surface area contributed by atoms with E-state index in [1.807, 2.05) is 30.5 Å². The van der Waals surface area contributed by atoms with Gasteiger partial charge in [0.1, 0.15) is 0 Å². The minimum Gasteiger partial charge on any atom is -0.312 e. The van der Waals surface area contributed by atoms with Crippen LogP contribution in [0.1, 0.15) is 10.4 Å². The van der Waals surface area contributed by atoms with Crippen LogP contribution in [0.15, 0.2) is 46.4 Å². The van der Waals surface area contributed by atoms with E-state index in [0.717, 1.165) is 35.4 Å². The highest BCUT2D eigenvalue weighted by Gasteiger charge is 2.05. The van der Waals surface area contributed by atoms with Crippen LogP contribution < -0.4 is 5.32 Å². The lowest BCUT2D eigenvalue weighted by Crippen LogP contribution is -2.16. The predicted octanol–water partition coefficient (Wildman–Crippen LogP) is 5.04. The Balaban J connectivity index is 1.64. The number of hydrogen-bond donors (Lipinski definition) is 1. The molecule has 0 spiro atoms. The minimum atomic E-state index is 0.755. The molecule has 0 aliphatic rings. The number of benzene rings is 1. The van der Waals surface area contributed by atoms with Crippen LogP contribution >= 0.6 is 38.9 Å². The maximum atomic E-state index is 6.21. The number of pyridine rings is 1. The quantitative estimate of drug-likeness (QED) is 0.626. The van der Waals surface area contributed by atoms with Crippen molar-refractivity contribution in [3.05, 3.63) is 61.8 Å². The summed E-state index contributed by atoms with van der Waals surface area (Å²) in [5.74, 6) is 0. The predicted molar refractivity (Wildman–Crippen MR) is 94.2 cm³/mol. The Labute approximate surface area is 141 Å². The lowest BCUT2D eigenvalue weighted by atomic mass is 10.1. The number of rotatable bonds is 5. The first-order valence-corrected chi connectivity index (χ1v) is 8.70. The summed E-state index contributed by atoms with van der Waals surface area (Å²) in [6.45, 7) is 1.75. The molecule has 21 heavy (non-hydrogen) atoms. The monoisotopic (exact) mass is 380 g/mol. The highest BCUT2D eigenvalue weighted by atomic mass is 79.9. The summed E-state index contributed by atoms with van der Waals surface area (Å²) < 4.78 is 1.19. The number of nitrogens with one attached hydrogen (secondary N) is 1. The standard InChI is InChI=1S/C16H14BrClN2S/c17-15-6-4-12(21-15)7-9-19-10-11-3-5-14(18)13-2-1-8-20-16(11)13/h1-6,8,19H,7,9-10H2. The van der Waals surface area contributed by atoms with Gasteiger partial charge < -0.3 is 5.32 Å². The molecule has 3 rings (SSSR count). The van der Waals surface area contributed by atoms with Crippen LogP contribution in [0.2, 0.25) is 5.02 Å². The Morgan fingerprint density at radius 3 is 2.90 bits per heavy atom. The van der Waals surface area contributed by atoms with Gasteiger partial charge in [0.2, 0.25) is 0 Å². The van der Waals surface area contributed by atoms with Crippen molar-refractivity contribution in [1.29, 1.82) is 0 Å². The molecule has 1 N–H and O–H groups in total. The van der Waals surface area contributed by atoms with E-state index >= 15 is 0 Å². The molecular weight excluding hydrogens is 368 g/mol. The smallest absolute Gasteiger partial charge is 0.0761 e. The van der Waals surface area contributed by atoms with E-state index in [1.54, 1.807) is 11.3 Å². The molecule has 108 valence electrons. The van der Waals surface area contributed by atoms with Gasteiger partial charge in [-0.25, -0.2) is 0 Å². The number of nitrogens with zero attached hydrogens (tertiary/aromatic N) is 1. The second-order valence-corrected chi connectivity index (χ2v) is 7.69. The third-order valence-corrected chi connectivity index (χ3v) is 5.31. The van der Waals surface area contributed by atoms with Crippen molar-refractivity contribution in [3.63, 3.8) is 0 Å². The van der Waals surface area contributed by atoms with Crippen molar-refractivity contribution in [2.24, 2.45) is 0 Å². The molecule has 0 saturated heterocycles. The summed E-state index contributed by atoms with van der Waals surface area (Å²) in [7, 11) is 0. The van der Waals surface area contributed by atoms with E-state index in [0.29, 0.717) is 0 Å². The maximum absolute atomic E-state index is 6.21. The van der Waals surface area contributed by atoms with Crippen molar-refractivity contribution in [3.8, 4) is 0 Å². The van der Waals surface area contributed by atoms with E-state index in [4.69, 9.17) is 11.6 Å². The van der Waals surface area contributed by atoms with Crippen LogP contribution in [0.25, 0.3) is 10.9 Å². The number of fused-ring (bicyclic) bond motifs is 1. The third kappa shape index (κ3) is 3.64. The normalized spacial score (nSPS) is 11.1. The molecule has 5 heteroatoms. The highest BCUT2D eigenvalue weighted by Crippen LogP contribution is 2.25. The average Bonchev–Trinajstić information content (AvgIpc) is 2.91. The van der Waals surface area contributed by atoms with E-state index in [2.05, 4.69) is 38.4 Å².